The second-order valence-corrected chi connectivity index (χ2v) is 7.34. The fourth-order valence-corrected chi connectivity index (χ4v) is 3.98. The van der Waals surface area contributed by atoms with Crippen LogP contribution in [-0.4, -0.2) is 30.7 Å². The van der Waals surface area contributed by atoms with Crippen LogP contribution in [-0.2, 0) is 13.1 Å². The van der Waals surface area contributed by atoms with Gasteiger partial charge in [0.25, 0.3) is 0 Å². The quantitative estimate of drug-likeness (QED) is 0.663. The van der Waals surface area contributed by atoms with Gasteiger partial charge in [-0.15, -0.1) is 0 Å². The van der Waals surface area contributed by atoms with Crippen LogP contribution >= 0.6 is 0 Å². The Bertz CT molecular complexity index is 989. The summed E-state index contributed by atoms with van der Waals surface area (Å²) in [7, 11) is 3.69. The van der Waals surface area contributed by atoms with Crippen LogP contribution in [0, 0.1) is 0 Å². The lowest BCUT2D eigenvalue weighted by atomic mass is 10.0. The van der Waals surface area contributed by atoms with E-state index in [1.807, 2.05) is 36.3 Å². The average molecular weight is 392 g/mol. The second-order valence-electron chi connectivity index (χ2n) is 7.34. The van der Waals surface area contributed by atoms with Crippen molar-refractivity contribution in [2.45, 2.75) is 25.6 Å². The molecule has 1 unspecified atom stereocenters. The Labute approximate surface area is 169 Å². The molecule has 2 aliphatic heterocycles. The summed E-state index contributed by atoms with van der Waals surface area (Å²) < 4.78 is 10.7. The molecule has 1 atom stereocenters. The molecule has 8 nitrogen and oxygen atoms in total. The van der Waals surface area contributed by atoms with Crippen molar-refractivity contribution < 1.29 is 9.15 Å². The van der Waals surface area contributed by atoms with Crippen molar-refractivity contribution in [1.82, 2.24) is 15.4 Å². The largest absolute Gasteiger partial charge is 0.497 e. The number of ether oxygens (including phenoxy) is 1. The Morgan fingerprint density at radius 1 is 1.21 bits per heavy atom. The maximum atomic E-state index is 5.41. The number of methoxy groups -OCH3 is 1. The van der Waals surface area contributed by atoms with Crippen LogP contribution in [0.15, 0.2) is 47.1 Å². The van der Waals surface area contributed by atoms with Gasteiger partial charge in [0.15, 0.2) is 5.82 Å². The molecule has 29 heavy (non-hydrogen) atoms. The Morgan fingerprint density at radius 2 is 2.03 bits per heavy atom. The predicted molar refractivity (Wildman–Crippen MR) is 111 cm³/mol. The van der Waals surface area contributed by atoms with E-state index in [1.54, 1.807) is 13.4 Å². The predicted octanol–water partition coefficient (Wildman–Crippen LogP) is 3.10. The van der Waals surface area contributed by atoms with E-state index in [1.165, 1.54) is 11.1 Å². The molecule has 0 radical (unpaired) electrons. The number of nitrogens with zero attached hydrogens (tertiary/aromatic N) is 4. The molecule has 0 saturated carbocycles. The monoisotopic (exact) mass is 392 g/mol. The van der Waals surface area contributed by atoms with E-state index in [-0.39, 0.29) is 6.04 Å². The SMILES string of the molecule is COc1ccc(CN2CCC3NN(C)c4nc(NCc5ccco5)nc2c43)cc1. The molecule has 0 aliphatic carbocycles. The minimum Gasteiger partial charge on any atom is -0.497 e. The molecule has 0 bridgehead atoms. The van der Waals surface area contributed by atoms with Gasteiger partial charge in [0.2, 0.25) is 5.95 Å². The number of hydrazine groups is 1. The molecule has 2 aliphatic rings. The molecule has 1 aromatic carbocycles. The fourth-order valence-electron chi connectivity index (χ4n) is 3.98. The first-order chi connectivity index (χ1) is 14.2. The van der Waals surface area contributed by atoms with Gasteiger partial charge in [-0.25, -0.2) is 5.43 Å². The number of hydrogen-bond donors (Lipinski definition) is 2. The van der Waals surface area contributed by atoms with Crippen molar-refractivity contribution in [1.29, 1.82) is 0 Å². The van der Waals surface area contributed by atoms with Crippen molar-refractivity contribution in [3.63, 3.8) is 0 Å². The zero-order valence-electron chi connectivity index (χ0n) is 16.6. The molecule has 0 spiro atoms. The van der Waals surface area contributed by atoms with Crippen molar-refractivity contribution in [2.75, 3.05) is 35.9 Å². The number of rotatable bonds is 6. The van der Waals surface area contributed by atoms with Crippen molar-refractivity contribution in [3.8, 4) is 5.75 Å². The van der Waals surface area contributed by atoms with E-state index in [0.717, 1.165) is 42.7 Å². The summed E-state index contributed by atoms with van der Waals surface area (Å²) in [4.78, 5) is 12.0. The summed E-state index contributed by atoms with van der Waals surface area (Å²) in [5, 5.41) is 5.30. The number of hydrogen-bond acceptors (Lipinski definition) is 8. The van der Waals surface area contributed by atoms with Gasteiger partial charge in [-0.05, 0) is 36.2 Å². The third-order valence-corrected chi connectivity index (χ3v) is 5.44. The number of anilines is 3. The third kappa shape index (κ3) is 3.36. The van der Waals surface area contributed by atoms with E-state index in [2.05, 4.69) is 27.8 Å². The normalized spacial score (nSPS) is 17.4. The number of aromatic nitrogens is 2. The van der Waals surface area contributed by atoms with Gasteiger partial charge in [0.1, 0.15) is 17.3 Å². The van der Waals surface area contributed by atoms with Crippen LogP contribution in [0.5, 0.6) is 5.75 Å². The summed E-state index contributed by atoms with van der Waals surface area (Å²) in [5.41, 5.74) is 5.90. The van der Waals surface area contributed by atoms with E-state index in [0.29, 0.717) is 12.5 Å². The number of benzene rings is 1. The summed E-state index contributed by atoms with van der Waals surface area (Å²) in [6.45, 7) is 2.27. The lowest BCUT2D eigenvalue weighted by Crippen LogP contribution is -2.36. The molecule has 2 N–H and O–H groups in total. The van der Waals surface area contributed by atoms with Crippen LogP contribution in [0.3, 0.4) is 0 Å². The third-order valence-electron chi connectivity index (χ3n) is 5.44. The van der Waals surface area contributed by atoms with Gasteiger partial charge in [0, 0.05) is 20.1 Å². The van der Waals surface area contributed by atoms with Crippen LogP contribution in [0.25, 0.3) is 0 Å². The first-order valence-electron chi connectivity index (χ1n) is 9.77. The Balaban J connectivity index is 1.44. The van der Waals surface area contributed by atoms with E-state index in [9.17, 15) is 0 Å². The fraction of sp³-hybridized carbons (Fsp3) is 0.333. The molecular weight excluding hydrogens is 368 g/mol. The molecule has 0 fully saturated rings. The van der Waals surface area contributed by atoms with Crippen LogP contribution < -0.4 is 25.4 Å². The highest BCUT2D eigenvalue weighted by atomic mass is 16.5. The zero-order valence-corrected chi connectivity index (χ0v) is 16.6. The highest BCUT2D eigenvalue weighted by molar-refractivity contribution is 5.68. The van der Waals surface area contributed by atoms with E-state index in [4.69, 9.17) is 19.1 Å². The molecule has 4 heterocycles. The average Bonchev–Trinajstić information content (AvgIpc) is 3.38. The molecule has 2 aromatic heterocycles. The Hall–Kier alpha value is -3.26. The lowest BCUT2D eigenvalue weighted by molar-refractivity contribution is 0.414. The topological polar surface area (TPSA) is 78.7 Å². The highest BCUT2D eigenvalue weighted by Gasteiger charge is 2.37. The van der Waals surface area contributed by atoms with E-state index < -0.39 is 0 Å². The maximum absolute atomic E-state index is 5.41. The highest BCUT2D eigenvalue weighted by Crippen LogP contribution is 2.43. The first kappa shape index (κ1) is 17.8. The molecule has 150 valence electrons. The van der Waals surface area contributed by atoms with Gasteiger partial charge >= 0.3 is 0 Å². The standard InChI is InChI=1S/C21H24N6O2/c1-26-19-18-17(25-26)9-10-27(13-14-5-7-15(28-2)8-6-14)20(18)24-21(23-19)22-12-16-4-3-11-29-16/h3-8,11,17,25H,9-10,12-13H2,1-2H3,(H,22,23,24). The minimum atomic E-state index is 0.260. The van der Waals surface area contributed by atoms with Crippen molar-refractivity contribution in [3.05, 3.63) is 59.5 Å². The molecule has 5 rings (SSSR count). The Kier molecular flexibility index (Phi) is 4.48. The molecule has 0 amide bonds. The smallest absolute Gasteiger partial charge is 0.227 e. The molecular formula is C21H24N6O2. The summed E-state index contributed by atoms with van der Waals surface area (Å²) >= 11 is 0. The minimum absolute atomic E-state index is 0.260. The van der Waals surface area contributed by atoms with Gasteiger partial charge in [-0.2, -0.15) is 9.97 Å². The second kappa shape index (κ2) is 7.29. The summed E-state index contributed by atoms with van der Waals surface area (Å²) in [6.07, 6.45) is 2.69. The number of nitrogens with one attached hydrogen (secondary N) is 2. The van der Waals surface area contributed by atoms with Crippen LogP contribution in [0.4, 0.5) is 17.6 Å². The van der Waals surface area contributed by atoms with Crippen LogP contribution in [0.2, 0.25) is 0 Å². The van der Waals surface area contributed by atoms with Crippen LogP contribution in [0.1, 0.15) is 29.3 Å². The molecule has 8 heteroatoms. The summed E-state index contributed by atoms with van der Waals surface area (Å²) in [5.74, 6) is 4.24. The lowest BCUT2D eigenvalue weighted by Gasteiger charge is -2.32. The summed E-state index contributed by atoms with van der Waals surface area (Å²) in [6, 6.07) is 12.3. The molecule has 3 aromatic rings. The first-order valence-corrected chi connectivity index (χ1v) is 9.77. The zero-order chi connectivity index (χ0) is 19.8. The van der Waals surface area contributed by atoms with Gasteiger partial charge in [0.05, 0.1) is 31.5 Å². The van der Waals surface area contributed by atoms with Crippen molar-refractivity contribution >= 4 is 17.6 Å². The van der Waals surface area contributed by atoms with Crippen molar-refractivity contribution in [2.24, 2.45) is 0 Å². The number of furan rings is 1. The Morgan fingerprint density at radius 3 is 2.79 bits per heavy atom. The molecule has 0 saturated heterocycles. The van der Waals surface area contributed by atoms with Gasteiger partial charge in [-0.3, -0.25) is 5.01 Å². The van der Waals surface area contributed by atoms with E-state index >= 15 is 0 Å². The van der Waals surface area contributed by atoms with Gasteiger partial charge in [-0.1, -0.05) is 12.1 Å². The van der Waals surface area contributed by atoms with Gasteiger partial charge < -0.3 is 19.4 Å². The maximum Gasteiger partial charge on any atom is 0.227 e.